The second kappa shape index (κ2) is 4.68. The Bertz CT molecular complexity index is 450. The van der Waals surface area contributed by atoms with Gasteiger partial charge in [-0.2, -0.15) is 0 Å². The summed E-state index contributed by atoms with van der Waals surface area (Å²) in [7, 11) is 0. The van der Waals surface area contributed by atoms with E-state index < -0.39 is 0 Å². The van der Waals surface area contributed by atoms with Gasteiger partial charge in [-0.3, -0.25) is 4.79 Å². The second-order valence-electron chi connectivity index (χ2n) is 3.03. The van der Waals surface area contributed by atoms with E-state index in [1.165, 1.54) is 11.3 Å². The SMILES string of the molecule is O=C(Cc1nccs1)c1ccc(Br)cc1. The lowest BCUT2D eigenvalue weighted by Crippen LogP contribution is -2.02. The molecule has 0 aliphatic carbocycles. The zero-order chi connectivity index (χ0) is 10.7. The molecule has 2 rings (SSSR count). The molecule has 2 nitrogen and oxygen atoms in total. The molecular formula is C11H8BrNOS. The Hall–Kier alpha value is -1.00. The number of carbonyl (C=O) groups excluding carboxylic acids is 1. The third kappa shape index (κ3) is 2.73. The van der Waals surface area contributed by atoms with Crippen molar-refractivity contribution in [1.29, 1.82) is 0 Å². The number of aromatic nitrogens is 1. The summed E-state index contributed by atoms with van der Waals surface area (Å²) >= 11 is 4.84. The molecule has 1 aromatic carbocycles. The van der Waals surface area contributed by atoms with Crippen LogP contribution < -0.4 is 0 Å². The molecule has 0 N–H and O–H groups in total. The van der Waals surface area contributed by atoms with Crippen molar-refractivity contribution in [1.82, 2.24) is 4.98 Å². The molecule has 15 heavy (non-hydrogen) atoms. The minimum absolute atomic E-state index is 0.109. The molecule has 0 saturated heterocycles. The van der Waals surface area contributed by atoms with Crippen molar-refractivity contribution in [2.45, 2.75) is 6.42 Å². The number of rotatable bonds is 3. The number of hydrogen-bond acceptors (Lipinski definition) is 3. The molecule has 1 heterocycles. The monoisotopic (exact) mass is 281 g/mol. The molecule has 2 aromatic rings. The van der Waals surface area contributed by atoms with Crippen LogP contribution in [0.25, 0.3) is 0 Å². The van der Waals surface area contributed by atoms with E-state index in [9.17, 15) is 4.79 Å². The summed E-state index contributed by atoms with van der Waals surface area (Å²) in [4.78, 5) is 15.9. The molecule has 0 saturated carbocycles. The lowest BCUT2D eigenvalue weighted by molar-refractivity contribution is 0.0993. The zero-order valence-corrected chi connectivity index (χ0v) is 10.2. The maximum atomic E-state index is 11.8. The number of hydrogen-bond donors (Lipinski definition) is 0. The molecule has 0 spiro atoms. The van der Waals surface area contributed by atoms with E-state index in [1.54, 1.807) is 6.20 Å². The molecular weight excluding hydrogens is 274 g/mol. The highest BCUT2D eigenvalue weighted by molar-refractivity contribution is 9.10. The number of benzene rings is 1. The van der Waals surface area contributed by atoms with Crippen LogP contribution in [0.4, 0.5) is 0 Å². The number of Topliss-reactive ketones (excluding diaryl/α,β-unsaturated/α-hetero) is 1. The Morgan fingerprint density at radius 1 is 1.33 bits per heavy atom. The molecule has 1 aromatic heterocycles. The van der Waals surface area contributed by atoms with Gasteiger partial charge in [-0.05, 0) is 12.1 Å². The molecule has 0 atom stereocenters. The molecule has 76 valence electrons. The molecule has 0 amide bonds. The third-order valence-corrected chi connectivity index (χ3v) is 3.27. The van der Waals surface area contributed by atoms with Crippen LogP contribution >= 0.6 is 27.3 Å². The van der Waals surface area contributed by atoms with Crippen LogP contribution in [0, 0.1) is 0 Å². The van der Waals surface area contributed by atoms with Gasteiger partial charge in [0.25, 0.3) is 0 Å². The lowest BCUT2D eigenvalue weighted by atomic mass is 10.1. The van der Waals surface area contributed by atoms with Crippen molar-refractivity contribution in [2.75, 3.05) is 0 Å². The van der Waals surface area contributed by atoms with Crippen molar-refractivity contribution >= 4 is 33.0 Å². The van der Waals surface area contributed by atoms with Gasteiger partial charge in [0, 0.05) is 21.6 Å². The van der Waals surface area contributed by atoms with Crippen molar-refractivity contribution in [2.24, 2.45) is 0 Å². The minimum Gasteiger partial charge on any atom is -0.294 e. The highest BCUT2D eigenvalue weighted by Crippen LogP contribution is 2.13. The van der Waals surface area contributed by atoms with Crippen LogP contribution in [0.3, 0.4) is 0 Å². The van der Waals surface area contributed by atoms with Crippen LogP contribution in [0.5, 0.6) is 0 Å². The maximum Gasteiger partial charge on any atom is 0.169 e. The average Bonchev–Trinajstić information content (AvgIpc) is 2.71. The van der Waals surface area contributed by atoms with E-state index in [0.717, 1.165) is 15.0 Å². The van der Waals surface area contributed by atoms with Gasteiger partial charge in [0.15, 0.2) is 5.78 Å². The Balaban J connectivity index is 2.11. The first-order valence-corrected chi connectivity index (χ1v) is 6.10. The Morgan fingerprint density at radius 3 is 2.67 bits per heavy atom. The first-order chi connectivity index (χ1) is 7.25. The van der Waals surface area contributed by atoms with Crippen LogP contribution in [0.2, 0.25) is 0 Å². The fourth-order valence-electron chi connectivity index (χ4n) is 1.22. The largest absolute Gasteiger partial charge is 0.294 e. The molecule has 0 unspecified atom stereocenters. The standard InChI is InChI=1S/C11H8BrNOS/c12-9-3-1-8(2-4-9)10(14)7-11-13-5-6-15-11/h1-6H,7H2. The topological polar surface area (TPSA) is 30.0 Å². The summed E-state index contributed by atoms with van der Waals surface area (Å²) in [5, 5.41) is 2.74. The second-order valence-corrected chi connectivity index (χ2v) is 4.93. The molecule has 0 fully saturated rings. The lowest BCUT2D eigenvalue weighted by Gasteiger charge is -1.98. The summed E-state index contributed by atoms with van der Waals surface area (Å²) in [6, 6.07) is 7.38. The summed E-state index contributed by atoms with van der Waals surface area (Å²) in [6.45, 7) is 0. The van der Waals surface area contributed by atoms with Crippen molar-refractivity contribution in [3.8, 4) is 0 Å². The molecule has 4 heteroatoms. The minimum atomic E-state index is 0.109. The van der Waals surface area contributed by atoms with Crippen LogP contribution in [-0.2, 0) is 6.42 Å². The van der Waals surface area contributed by atoms with Gasteiger partial charge in [-0.15, -0.1) is 11.3 Å². The summed E-state index contributed by atoms with van der Waals surface area (Å²) in [5.41, 5.74) is 0.730. The normalized spacial score (nSPS) is 10.2. The van der Waals surface area contributed by atoms with E-state index in [1.807, 2.05) is 29.6 Å². The van der Waals surface area contributed by atoms with Gasteiger partial charge < -0.3 is 0 Å². The highest BCUT2D eigenvalue weighted by atomic mass is 79.9. The molecule has 0 radical (unpaired) electrons. The van der Waals surface area contributed by atoms with Gasteiger partial charge in [-0.25, -0.2) is 4.98 Å². The fourth-order valence-corrected chi connectivity index (χ4v) is 2.09. The predicted molar refractivity (Wildman–Crippen MR) is 64.3 cm³/mol. The fraction of sp³-hybridized carbons (Fsp3) is 0.0909. The summed E-state index contributed by atoms with van der Waals surface area (Å²) in [6.07, 6.45) is 2.11. The van der Waals surface area contributed by atoms with Crippen LogP contribution in [0.1, 0.15) is 15.4 Å². The number of thiazole rings is 1. The number of ketones is 1. The van der Waals surface area contributed by atoms with Gasteiger partial charge in [0.1, 0.15) is 5.01 Å². The molecule has 0 bridgehead atoms. The maximum absolute atomic E-state index is 11.8. The number of nitrogens with zero attached hydrogens (tertiary/aromatic N) is 1. The summed E-state index contributed by atoms with van der Waals surface area (Å²) < 4.78 is 0.980. The first-order valence-electron chi connectivity index (χ1n) is 4.43. The Kier molecular flexibility index (Phi) is 3.28. The van der Waals surface area contributed by atoms with Crippen LogP contribution in [0.15, 0.2) is 40.3 Å². The van der Waals surface area contributed by atoms with Gasteiger partial charge >= 0.3 is 0 Å². The van der Waals surface area contributed by atoms with E-state index in [-0.39, 0.29) is 5.78 Å². The number of carbonyl (C=O) groups is 1. The Labute approximate surface area is 100 Å². The quantitative estimate of drug-likeness (QED) is 0.808. The van der Waals surface area contributed by atoms with Gasteiger partial charge in [0.05, 0.1) is 6.42 Å². The highest BCUT2D eigenvalue weighted by Gasteiger charge is 2.08. The average molecular weight is 282 g/mol. The van der Waals surface area contributed by atoms with Gasteiger partial charge in [0.2, 0.25) is 0 Å². The van der Waals surface area contributed by atoms with Crippen molar-refractivity contribution < 1.29 is 4.79 Å². The van der Waals surface area contributed by atoms with Gasteiger partial charge in [-0.1, -0.05) is 28.1 Å². The predicted octanol–water partition coefficient (Wildman–Crippen LogP) is 3.33. The third-order valence-electron chi connectivity index (χ3n) is 1.96. The molecule has 0 aliphatic heterocycles. The Morgan fingerprint density at radius 2 is 2.07 bits per heavy atom. The zero-order valence-electron chi connectivity index (χ0n) is 7.81. The number of halogens is 1. The van der Waals surface area contributed by atoms with Crippen molar-refractivity contribution in [3.63, 3.8) is 0 Å². The smallest absolute Gasteiger partial charge is 0.169 e. The van der Waals surface area contributed by atoms with E-state index in [4.69, 9.17) is 0 Å². The molecule has 0 aliphatic rings. The van der Waals surface area contributed by atoms with Crippen LogP contribution in [-0.4, -0.2) is 10.8 Å². The van der Waals surface area contributed by atoms with Crippen molar-refractivity contribution in [3.05, 3.63) is 50.9 Å². The summed E-state index contributed by atoms with van der Waals surface area (Å²) in [5.74, 6) is 0.109. The van der Waals surface area contributed by atoms with E-state index in [0.29, 0.717) is 6.42 Å². The van der Waals surface area contributed by atoms with E-state index in [2.05, 4.69) is 20.9 Å². The van der Waals surface area contributed by atoms with E-state index >= 15 is 0 Å². The first kappa shape index (κ1) is 10.5.